The van der Waals surface area contributed by atoms with Crippen molar-refractivity contribution in [2.45, 2.75) is 43.7 Å². The molecule has 0 bridgehead atoms. The molecule has 0 radical (unpaired) electrons. The first-order valence-electron chi connectivity index (χ1n) is 11.3. The van der Waals surface area contributed by atoms with E-state index in [1.165, 1.54) is 8.87 Å². The Hall–Kier alpha value is -2.81. The number of piperidine rings is 1. The van der Waals surface area contributed by atoms with Crippen LogP contribution in [-0.4, -0.2) is 69.2 Å². The summed E-state index contributed by atoms with van der Waals surface area (Å²) in [5, 5.41) is 0. The quantitative estimate of drug-likeness (QED) is 0.379. The van der Waals surface area contributed by atoms with Crippen molar-refractivity contribution in [1.29, 1.82) is 0 Å². The topological polar surface area (TPSA) is 151 Å². The highest BCUT2D eigenvalue weighted by Gasteiger charge is 2.46. The lowest BCUT2D eigenvalue weighted by molar-refractivity contribution is -0.110. The minimum absolute atomic E-state index is 0.0370. The minimum Gasteiger partial charge on any atom is -0.461 e. The Labute approximate surface area is 209 Å². The number of carbonyl (C=O) groups excluding carboxylic acids is 1. The Morgan fingerprint density at radius 2 is 1.75 bits per heavy atom. The summed E-state index contributed by atoms with van der Waals surface area (Å²) in [6.07, 6.45) is 1.08. The van der Waals surface area contributed by atoms with Crippen LogP contribution in [0.1, 0.15) is 41.6 Å². The van der Waals surface area contributed by atoms with E-state index >= 15 is 0 Å². The molecular weight excluding hydrogens is 514 g/mol. The van der Waals surface area contributed by atoms with Gasteiger partial charge in [0.25, 0.3) is 5.56 Å². The van der Waals surface area contributed by atoms with E-state index in [9.17, 15) is 26.4 Å². The minimum atomic E-state index is -4.15. The van der Waals surface area contributed by atoms with Gasteiger partial charge in [-0.15, -0.1) is 0 Å². The van der Waals surface area contributed by atoms with E-state index in [0.717, 1.165) is 11.8 Å². The average molecular weight is 542 g/mol. The van der Waals surface area contributed by atoms with Gasteiger partial charge < -0.3 is 13.7 Å². The highest BCUT2D eigenvalue weighted by Crippen LogP contribution is 2.39. The molecule has 196 valence electrons. The van der Waals surface area contributed by atoms with Crippen LogP contribution in [-0.2, 0) is 41.8 Å². The molecule has 0 N–H and O–H groups in total. The zero-order valence-electron chi connectivity index (χ0n) is 20.1. The molecule has 0 aliphatic carbocycles. The SMILES string of the molecule is CCOC(=O)c1nc2n(c(=O)c1OS(C)(=O)=O)CCOC21CCN(S(=O)(=O)c2ccc(C)cc2)CC1. The van der Waals surface area contributed by atoms with Gasteiger partial charge in [-0.2, -0.15) is 12.7 Å². The van der Waals surface area contributed by atoms with E-state index < -0.39 is 48.7 Å². The number of rotatable bonds is 6. The van der Waals surface area contributed by atoms with Crippen molar-refractivity contribution in [3.05, 3.63) is 51.7 Å². The molecule has 1 spiro atoms. The Kier molecular flexibility index (Phi) is 6.98. The molecule has 1 fully saturated rings. The third kappa shape index (κ3) is 4.90. The summed E-state index contributed by atoms with van der Waals surface area (Å²) in [6, 6.07) is 6.55. The molecule has 1 aromatic heterocycles. The molecule has 0 atom stereocenters. The molecule has 12 nitrogen and oxygen atoms in total. The second kappa shape index (κ2) is 9.57. The van der Waals surface area contributed by atoms with Crippen LogP contribution in [0.15, 0.2) is 34.0 Å². The van der Waals surface area contributed by atoms with Gasteiger partial charge in [-0.25, -0.2) is 18.2 Å². The number of nitrogens with zero attached hydrogens (tertiary/aromatic N) is 3. The zero-order chi connectivity index (χ0) is 26.3. The van der Waals surface area contributed by atoms with Crippen molar-refractivity contribution in [2.75, 3.05) is 32.6 Å². The lowest BCUT2D eigenvalue weighted by atomic mass is 9.89. The van der Waals surface area contributed by atoms with Crippen LogP contribution in [0.3, 0.4) is 0 Å². The maximum absolute atomic E-state index is 13.2. The fraction of sp³-hybridized carbons (Fsp3) is 0.500. The Balaban J connectivity index is 1.72. The maximum atomic E-state index is 13.2. The summed E-state index contributed by atoms with van der Waals surface area (Å²) < 4.78 is 68.3. The summed E-state index contributed by atoms with van der Waals surface area (Å²) in [7, 11) is -7.90. The molecule has 3 heterocycles. The monoisotopic (exact) mass is 541 g/mol. The highest BCUT2D eigenvalue weighted by atomic mass is 32.2. The summed E-state index contributed by atoms with van der Waals surface area (Å²) in [4.78, 5) is 30.3. The fourth-order valence-corrected chi connectivity index (χ4v) is 6.26. The zero-order valence-corrected chi connectivity index (χ0v) is 21.7. The number of hydrogen-bond acceptors (Lipinski definition) is 10. The number of ether oxygens (including phenoxy) is 2. The smallest absolute Gasteiger partial charge is 0.361 e. The largest absolute Gasteiger partial charge is 0.461 e. The predicted molar refractivity (Wildman–Crippen MR) is 127 cm³/mol. The van der Waals surface area contributed by atoms with Crippen LogP contribution >= 0.6 is 0 Å². The van der Waals surface area contributed by atoms with Crippen molar-refractivity contribution in [3.8, 4) is 5.75 Å². The van der Waals surface area contributed by atoms with Crippen molar-refractivity contribution in [2.24, 2.45) is 0 Å². The summed E-state index contributed by atoms with van der Waals surface area (Å²) in [5.74, 6) is -1.65. The van der Waals surface area contributed by atoms with Gasteiger partial charge in [0.05, 0.1) is 30.9 Å². The van der Waals surface area contributed by atoms with Gasteiger partial charge in [-0.05, 0) is 38.8 Å². The first-order valence-corrected chi connectivity index (χ1v) is 14.6. The van der Waals surface area contributed by atoms with Gasteiger partial charge in [0.15, 0.2) is 5.69 Å². The number of aromatic nitrogens is 2. The molecule has 2 aliphatic rings. The molecule has 14 heteroatoms. The van der Waals surface area contributed by atoms with E-state index in [1.54, 1.807) is 31.2 Å². The van der Waals surface area contributed by atoms with Gasteiger partial charge >= 0.3 is 16.1 Å². The number of fused-ring (bicyclic) bond motifs is 2. The number of benzene rings is 1. The van der Waals surface area contributed by atoms with Crippen LogP contribution in [0.5, 0.6) is 5.75 Å². The summed E-state index contributed by atoms with van der Waals surface area (Å²) in [5.41, 5.74) is -1.64. The van der Waals surface area contributed by atoms with Crippen LogP contribution in [0.4, 0.5) is 0 Å². The third-order valence-corrected chi connectivity index (χ3v) is 8.50. The third-order valence-electron chi connectivity index (χ3n) is 6.12. The normalized spacial score (nSPS) is 18.0. The second-order valence-electron chi connectivity index (χ2n) is 8.64. The van der Waals surface area contributed by atoms with Crippen molar-refractivity contribution in [1.82, 2.24) is 13.9 Å². The maximum Gasteiger partial charge on any atom is 0.361 e. The second-order valence-corrected chi connectivity index (χ2v) is 12.2. The van der Waals surface area contributed by atoms with E-state index in [2.05, 4.69) is 4.98 Å². The molecule has 0 amide bonds. The highest BCUT2D eigenvalue weighted by molar-refractivity contribution is 7.89. The number of sulfonamides is 1. The van der Waals surface area contributed by atoms with Crippen LogP contribution in [0.2, 0.25) is 0 Å². The molecule has 0 unspecified atom stereocenters. The first kappa shape index (κ1) is 26.3. The first-order chi connectivity index (χ1) is 16.9. The number of hydrogen-bond donors (Lipinski definition) is 0. The van der Waals surface area contributed by atoms with E-state index in [-0.39, 0.29) is 56.4 Å². The molecule has 0 saturated carbocycles. The lowest BCUT2D eigenvalue weighted by Gasteiger charge is -2.43. The fourth-order valence-electron chi connectivity index (χ4n) is 4.37. The van der Waals surface area contributed by atoms with E-state index in [4.69, 9.17) is 13.7 Å². The Bertz CT molecular complexity index is 1440. The predicted octanol–water partition coefficient (Wildman–Crippen LogP) is 0.777. The van der Waals surface area contributed by atoms with Crippen molar-refractivity contribution >= 4 is 26.1 Å². The summed E-state index contributed by atoms with van der Waals surface area (Å²) in [6.45, 7) is 3.71. The van der Waals surface area contributed by atoms with Gasteiger partial charge in [-0.1, -0.05) is 17.7 Å². The Morgan fingerprint density at radius 1 is 1.11 bits per heavy atom. The number of aryl methyl sites for hydroxylation is 1. The molecule has 1 aromatic carbocycles. The van der Waals surface area contributed by atoms with Gasteiger partial charge in [0.1, 0.15) is 11.4 Å². The standard InChI is InChI=1S/C22H27N3O9S2/c1-4-32-20(27)17-18(34-35(3,28)29)19(26)25-13-14-33-22(21(25)23-17)9-11-24(12-10-22)36(30,31)16-7-5-15(2)6-8-16/h5-8H,4,9-14H2,1-3H3. The number of esters is 1. The number of carbonyl (C=O) groups is 1. The van der Waals surface area contributed by atoms with E-state index in [1.807, 2.05) is 6.92 Å². The summed E-state index contributed by atoms with van der Waals surface area (Å²) >= 11 is 0. The lowest BCUT2D eigenvalue weighted by Crippen LogP contribution is -2.52. The molecule has 4 rings (SSSR count). The van der Waals surface area contributed by atoms with Crippen molar-refractivity contribution < 1.29 is 35.3 Å². The Morgan fingerprint density at radius 3 is 2.33 bits per heavy atom. The van der Waals surface area contributed by atoms with Crippen LogP contribution in [0, 0.1) is 6.92 Å². The molecule has 1 saturated heterocycles. The average Bonchev–Trinajstić information content (AvgIpc) is 2.81. The van der Waals surface area contributed by atoms with E-state index in [0.29, 0.717) is 0 Å². The van der Waals surface area contributed by atoms with Crippen LogP contribution in [0.25, 0.3) is 0 Å². The molecule has 2 aromatic rings. The van der Waals surface area contributed by atoms with Gasteiger partial charge in [-0.3, -0.25) is 9.36 Å². The molecular formula is C22H27N3O9S2. The van der Waals surface area contributed by atoms with Gasteiger partial charge in [0.2, 0.25) is 15.8 Å². The molecule has 36 heavy (non-hydrogen) atoms. The van der Waals surface area contributed by atoms with Crippen molar-refractivity contribution in [3.63, 3.8) is 0 Å². The van der Waals surface area contributed by atoms with Crippen LogP contribution < -0.4 is 9.74 Å². The molecule has 2 aliphatic heterocycles. The van der Waals surface area contributed by atoms with Gasteiger partial charge in [0, 0.05) is 13.1 Å².